The molecule has 1 aromatic carbocycles. The standard InChI is InChI=1S/C16H24N2O2/c1-4-18(16(20)15-11(2)8-9-17-15)12(3)13-6-5-7-14(19)10-13/h5-7,10-12,15,17,19H,4,8-9H2,1-3H3. The molecule has 2 N–H and O–H groups in total. The Morgan fingerprint density at radius 2 is 2.30 bits per heavy atom. The summed E-state index contributed by atoms with van der Waals surface area (Å²) in [6.07, 6.45) is 1.05. The highest BCUT2D eigenvalue weighted by atomic mass is 16.3. The van der Waals surface area contributed by atoms with E-state index in [4.69, 9.17) is 0 Å². The van der Waals surface area contributed by atoms with Crippen LogP contribution < -0.4 is 5.32 Å². The number of hydrogen-bond donors (Lipinski definition) is 2. The third-order valence-electron chi connectivity index (χ3n) is 4.24. The molecule has 0 spiro atoms. The van der Waals surface area contributed by atoms with E-state index in [2.05, 4.69) is 12.2 Å². The summed E-state index contributed by atoms with van der Waals surface area (Å²) in [5.41, 5.74) is 0.964. The van der Waals surface area contributed by atoms with Crippen molar-refractivity contribution in [2.24, 2.45) is 5.92 Å². The Kier molecular flexibility index (Phi) is 4.65. The fraction of sp³-hybridized carbons (Fsp3) is 0.562. The second kappa shape index (κ2) is 6.27. The lowest BCUT2D eigenvalue weighted by Crippen LogP contribution is -2.46. The second-order valence-electron chi connectivity index (χ2n) is 5.59. The van der Waals surface area contributed by atoms with Gasteiger partial charge in [0.2, 0.25) is 5.91 Å². The average molecular weight is 276 g/mol. The highest BCUT2D eigenvalue weighted by Gasteiger charge is 2.34. The molecular weight excluding hydrogens is 252 g/mol. The van der Waals surface area contributed by atoms with Gasteiger partial charge < -0.3 is 15.3 Å². The Hall–Kier alpha value is -1.55. The summed E-state index contributed by atoms with van der Waals surface area (Å²) in [6, 6.07) is 7.03. The molecule has 1 aliphatic heterocycles. The van der Waals surface area contributed by atoms with Crippen molar-refractivity contribution in [2.75, 3.05) is 13.1 Å². The minimum Gasteiger partial charge on any atom is -0.508 e. The van der Waals surface area contributed by atoms with Crippen molar-refractivity contribution >= 4 is 5.91 Å². The van der Waals surface area contributed by atoms with Gasteiger partial charge in [0.05, 0.1) is 12.1 Å². The average Bonchev–Trinajstić information content (AvgIpc) is 2.85. The lowest BCUT2D eigenvalue weighted by Gasteiger charge is -2.32. The number of nitrogens with zero attached hydrogens (tertiary/aromatic N) is 1. The van der Waals surface area contributed by atoms with E-state index in [1.54, 1.807) is 12.1 Å². The van der Waals surface area contributed by atoms with E-state index in [1.165, 1.54) is 0 Å². The maximum absolute atomic E-state index is 12.7. The highest BCUT2D eigenvalue weighted by molar-refractivity contribution is 5.83. The van der Waals surface area contributed by atoms with E-state index < -0.39 is 0 Å². The SMILES string of the molecule is CCN(C(=O)C1NCCC1C)C(C)c1cccc(O)c1. The predicted octanol–water partition coefficient (Wildman–Crippen LogP) is 2.30. The van der Waals surface area contributed by atoms with Crippen molar-refractivity contribution in [1.82, 2.24) is 10.2 Å². The Balaban J connectivity index is 2.16. The molecule has 1 heterocycles. The van der Waals surface area contributed by atoms with Crippen LogP contribution in [-0.2, 0) is 4.79 Å². The number of phenolic OH excluding ortho intramolecular Hbond substituents is 1. The molecule has 0 radical (unpaired) electrons. The zero-order valence-electron chi connectivity index (χ0n) is 12.5. The molecule has 3 unspecified atom stereocenters. The van der Waals surface area contributed by atoms with Gasteiger partial charge in [-0.15, -0.1) is 0 Å². The van der Waals surface area contributed by atoms with Gasteiger partial charge in [0.25, 0.3) is 0 Å². The summed E-state index contributed by atoms with van der Waals surface area (Å²) in [7, 11) is 0. The van der Waals surface area contributed by atoms with Crippen molar-refractivity contribution in [3.63, 3.8) is 0 Å². The number of amides is 1. The molecule has 3 atom stereocenters. The van der Waals surface area contributed by atoms with Crippen LogP contribution in [0, 0.1) is 5.92 Å². The Bertz CT molecular complexity index is 475. The predicted molar refractivity (Wildman–Crippen MR) is 79.5 cm³/mol. The first-order chi connectivity index (χ1) is 9.54. The van der Waals surface area contributed by atoms with Crippen LogP contribution in [0.2, 0.25) is 0 Å². The van der Waals surface area contributed by atoms with Gasteiger partial charge in [-0.3, -0.25) is 4.79 Å². The van der Waals surface area contributed by atoms with E-state index in [1.807, 2.05) is 30.9 Å². The largest absolute Gasteiger partial charge is 0.508 e. The Morgan fingerprint density at radius 1 is 1.55 bits per heavy atom. The zero-order chi connectivity index (χ0) is 14.7. The number of rotatable bonds is 4. The van der Waals surface area contributed by atoms with E-state index >= 15 is 0 Å². The van der Waals surface area contributed by atoms with Gasteiger partial charge in [0.15, 0.2) is 0 Å². The van der Waals surface area contributed by atoms with E-state index in [0.717, 1.165) is 18.5 Å². The molecule has 4 heteroatoms. The zero-order valence-corrected chi connectivity index (χ0v) is 12.5. The van der Waals surface area contributed by atoms with Crippen molar-refractivity contribution in [1.29, 1.82) is 0 Å². The van der Waals surface area contributed by atoms with Crippen LogP contribution in [0.1, 0.15) is 38.8 Å². The van der Waals surface area contributed by atoms with Crippen LogP contribution in [0.3, 0.4) is 0 Å². The third kappa shape index (κ3) is 2.96. The summed E-state index contributed by atoms with van der Waals surface area (Å²) in [5, 5.41) is 12.9. The number of phenols is 1. The van der Waals surface area contributed by atoms with E-state index in [0.29, 0.717) is 12.5 Å². The van der Waals surface area contributed by atoms with Gasteiger partial charge in [-0.2, -0.15) is 0 Å². The number of carbonyl (C=O) groups excluding carboxylic acids is 1. The monoisotopic (exact) mass is 276 g/mol. The van der Waals surface area contributed by atoms with Crippen LogP contribution in [0.15, 0.2) is 24.3 Å². The fourth-order valence-electron chi connectivity index (χ4n) is 2.93. The summed E-state index contributed by atoms with van der Waals surface area (Å²) in [6.45, 7) is 7.71. The third-order valence-corrected chi connectivity index (χ3v) is 4.24. The number of hydrogen-bond acceptors (Lipinski definition) is 3. The summed E-state index contributed by atoms with van der Waals surface area (Å²) < 4.78 is 0. The highest BCUT2D eigenvalue weighted by Crippen LogP contribution is 2.26. The van der Waals surface area contributed by atoms with Gasteiger partial charge in [-0.25, -0.2) is 0 Å². The molecule has 0 saturated carbocycles. The van der Waals surface area contributed by atoms with Crippen LogP contribution in [0.5, 0.6) is 5.75 Å². The lowest BCUT2D eigenvalue weighted by atomic mass is 10.00. The quantitative estimate of drug-likeness (QED) is 0.887. The summed E-state index contributed by atoms with van der Waals surface area (Å²) in [4.78, 5) is 14.6. The number of nitrogens with one attached hydrogen (secondary N) is 1. The molecule has 110 valence electrons. The maximum atomic E-state index is 12.7. The van der Waals surface area contributed by atoms with Crippen LogP contribution in [-0.4, -0.2) is 35.0 Å². The van der Waals surface area contributed by atoms with Crippen molar-refractivity contribution < 1.29 is 9.90 Å². The number of likely N-dealkylation sites (N-methyl/N-ethyl adjacent to an activating group) is 1. The summed E-state index contributed by atoms with van der Waals surface area (Å²) >= 11 is 0. The van der Waals surface area contributed by atoms with Crippen molar-refractivity contribution in [3.8, 4) is 5.75 Å². The Labute approximate surface area is 120 Å². The molecule has 1 aliphatic rings. The van der Waals surface area contributed by atoms with Gasteiger partial charge in [0.1, 0.15) is 5.75 Å². The molecule has 0 aliphatic carbocycles. The maximum Gasteiger partial charge on any atom is 0.240 e. The first-order valence-electron chi connectivity index (χ1n) is 7.37. The van der Waals surface area contributed by atoms with Crippen molar-refractivity contribution in [2.45, 2.75) is 39.3 Å². The minimum atomic E-state index is -0.0743. The molecule has 1 aromatic rings. The number of carbonyl (C=O) groups is 1. The molecular formula is C16H24N2O2. The van der Waals surface area contributed by atoms with Crippen molar-refractivity contribution in [3.05, 3.63) is 29.8 Å². The van der Waals surface area contributed by atoms with Crippen LogP contribution >= 0.6 is 0 Å². The smallest absolute Gasteiger partial charge is 0.240 e. The van der Waals surface area contributed by atoms with Crippen LogP contribution in [0.25, 0.3) is 0 Å². The lowest BCUT2D eigenvalue weighted by molar-refractivity contribution is -0.135. The summed E-state index contributed by atoms with van der Waals surface area (Å²) in [5.74, 6) is 0.784. The fourth-order valence-corrected chi connectivity index (χ4v) is 2.93. The normalized spacial score (nSPS) is 23.6. The van der Waals surface area contributed by atoms with E-state index in [9.17, 15) is 9.90 Å². The molecule has 0 bridgehead atoms. The number of benzene rings is 1. The topological polar surface area (TPSA) is 52.6 Å². The van der Waals surface area contributed by atoms with Gasteiger partial charge in [-0.05, 0) is 50.4 Å². The molecule has 0 aromatic heterocycles. The molecule has 20 heavy (non-hydrogen) atoms. The molecule has 1 fully saturated rings. The van der Waals surface area contributed by atoms with Gasteiger partial charge in [0, 0.05) is 6.54 Å². The second-order valence-corrected chi connectivity index (χ2v) is 5.59. The van der Waals surface area contributed by atoms with E-state index in [-0.39, 0.29) is 23.7 Å². The minimum absolute atomic E-state index is 0.0331. The first kappa shape index (κ1) is 14.9. The molecule has 1 saturated heterocycles. The molecule has 4 nitrogen and oxygen atoms in total. The molecule has 1 amide bonds. The number of aromatic hydroxyl groups is 1. The van der Waals surface area contributed by atoms with Crippen LogP contribution in [0.4, 0.5) is 0 Å². The first-order valence-corrected chi connectivity index (χ1v) is 7.37. The van der Waals surface area contributed by atoms with Gasteiger partial charge in [-0.1, -0.05) is 19.1 Å². The Morgan fingerprint density at radius 3 is 2.85 bits per heavy atom. The van der Waals surface area contributed by atoms with Gasteiger partial charge >= 0.3 is 0 Å². The molecule has 2 rings (SSSR count).